The number of benzene rings is 1. The number of hydrogen-bond donors (Lipinski definition) is 1. The van der Waals surface area contributed by atoms with E-state index in [1.165, 1.54) is 29.6 Å². The molecule has 1 aliphatic heterocycles. The van der Waals surface area contributed by atoms with E-state index in [9.17, 15) is 18.0 Å². The number of primary amides is 1. The minimum absolute atomic E-state index is 0.146. The van der Waals surface area contributed by atoms with E-state index in [1.807, 2.05) is 0 Å². The number of rotatable bonds is 6. The van der Waals surface area contributed by atoms with Crippen LogP contribution >= 0.6 is 0 Å². The number of nitrogens with two attached hydrogens (primary N) is 1. The number of carbonyl (C=O) groups is 2. The first kappa shape index (κ1) is 19.2. The summed E-state index contributed by atoms with van der Waals surface area (Å²) >= 11 is 0. The molecule has 0 bridgehead atoms. The first-order valence-electron chi connectivity index (χ1n) is 7.85. The lowest BCUT2D eigenvalue weighted by Crippen LogP contribution is -2.41. The Balaban J connectivity index is 2.11. The molecular weight excluding hydrogens is 348 g/mol. The van der Waals surface area contributed by atoms with Crippen LogP contribution in [-0.2, 0) is 24.3 Å². The number of amides is 1. The van der Waals surface area contributed by atoms with Crippen LogP contribution in [0.1, 0.15) is 18.4 Å². The summed E-state index contributed by atoms with van der Waals surface area (Å²) in [5.74, 6) is -0.771. The molecule has 2 rings (SSSR count). The van der Waals surface area contributed by atoms with Crippen LogP contribution in [0.2, 0.25) is 0 Å². The van der Waals surface area contributed by atoms with Gasteiger partial charge in [-0.15, -0.1) is 0 Å². The van der Waals surface area contributed by atoms with E-state index in [1.54, 1.807) is 6.92 Å². The molecule has 1 aliphatic rings. The molecule has 1 aromatic carbocycles. The number of carbonyl (C=O) groups excluding carboxylic acids is 2. The lowest BCUT2D eigenvalue weighted by atomic mass is 9.98. The number of nitrogens with zero attached hydrogens (tertiary/aromatic N) is 1. The summed E-state index contributed by atoms with van der Waals surface area (Å²) in [6.45, 7) is 1.97. The Morgan fingerprint density at radius 2 is 1.92 bits per heavy atom. The first-order valence-corrected chi connectivity index (χ1v) is 9.29. The van der Waals surface area contributed by atoms with Crippen molar-refractivity contribution in [1.29, 1.82) is 0 Å². The van der Waals surface area contributed by atoms with Crippen LogP contribution < -0.4 is 10.5 Å². The summed E-state index contributed by atoms with van der Waals surface area (Å²) in [4.78, 5) is 22.5. The van der Waals surface area contributed by atoms with Crippen LogP contribution in [0.4, 0.5) is 0 Å². The molecule has 8 nitrogen and oxygen atoms in total. The van der Waals surface area contributed by atoms with Crippen LogP contribution in [0, 0.1) is 12.8 Å². The summed E-state index contributed by atoms with van der Waals surface area (Å²) in [7, 11) is -2.39. The maximum atomic E-state index is 12.7. The van der Waals surface area contributed by atoms with Crippen molar-refractivity contribution < 1.29 is 27.5 Å². The molecular formula is C16H22N2O6S. The molecule has 1 heterocycles. The van der Waals surface area contributed by atoms with Crippen LogP contribution in [0.25, 0.3) is 0 Å². The Hall–Kier alpha value is -2.13. The standard InChI is InChI=1S/C16H22N2O6S/c1-11-9-13(3-4-14(11)24-10-15(19)23-2)25(21,22)18-7-5-12(6-8-18)16(17)20/h3-4,9,12H,5-8,10H2,1-2H3,(H2,17,20). The van der Waals surface area contributed by atoms with Crippen LogP contribution in [0.15, 0.2) is 23.1 Å². The number of sulfonamides is 1. The molecule has 138 valence electrons. The third-order valence-corrected chi connectivity index (χ3v) is 6.11. The lowest BCUT2D eigenvalue weighted by Gasteiger charge is -2.29. The van der Waals surface area contributed by atoms with Gasteiger partial charge in [-0.25, -0.2) is 13.2 Å². The van der Waals surface area contributed by atoms with Crippen molar-refractivity contribution >= 4 is 21.9 Å². The Bertz CT molecular complexity index is 754. The van der Waals surface area contributed by atoms with Gasteiger partial charge < -0.3 is 15.2 Å². The predicted octanol–water partition coefficient (Wildman–Crippen LogP) is 0.433. The molecule has 1 fully saturated rings. The summed E-state index contributed by atoms with van der Waals surface area (Å²) in [6, 6.07) is 4.46. The average Bonchev–Trinajstić information content (AvgIpc) is 2.60. The highest BCUT2D eigenvalue weighted by Gasteiger charge is 2.31. The van der Waals surface area contributed by atoms with Gasteiger partial charge in [-0.1, -0.05) is 0 Å². The minimum atomic E-state index is -3.65. The molecule has 0 atom stereocenters. The number of methoxy groups -OCH3 is 1. The molecule has 9 heteroatoms. The smallest absolute Gasteiger partial charge is 0.343 e. The van der Waals surface area contributed by atoms with Gasteiger partial charge in [0.1, 0.15) is 5.75 Å². The fourth-order valence-electron chi connectivity index (χ4n) is 2.67. The van der Waals surface area contributed by atoms with Crippen molar-refractivity contribution in [3.8, 4) is 5.75 Å². The van der Waals surface area contributed by atoms with Crippen molar-refractivity contribution in [2.75, 3.05) is 26.8 Å². The van der Waals surface area contributed by atoms with E-state index in [4.69, 9.17) is 10.5 Å². The second kappa shape index (κ2) is 7.83. The van der Waals surface area contributed by atoms with Gasteiger partial charge in [0, 0.05) is 19.0 Å². The highest BCUT2D eigenvalue weighted by atomic mass is 32.2. The number of piperidine rings is 1. The second-order valence-corrected chi connectivity index (χ2v) is 7.81. The van der Waals surface area contributed by atoms with Gasteiger partial charge in [-0.2, -0.15) is 4.31 Å². The third-order valence-electron chi connectivity index (χ3n) is 4.21. The molecule has 25 heavy (non-hydrogen) atoms. The molecule has 2 N–H and O–H groups in total. The van der Waals surface area contributed by atoms with E-state index in [0.717, 1.165) is 0 Å². The van der Waals surface area contributed by atoms with Gasteiger partial charge in [-0.3, -0.25) is 4.79 Å². The van der Waals surface area contributed by atoms with E-state index in [0.29, 0.717) is 24.2 Å². The van der Waals surface area contributed by atoms with Crippen molar-refractivity contribution in [2.24, 2.45) is 11.7 Å². The van der Waals surface area contributed by atoms with E-state index in [-0.39, 0.29) is 36.4 Å². The average molecular weight is 370 g/mol. The zero-order chi connectivity index (χ0) is 18.6. The summed E-state index contributed by atoms with van der Waals surface area (Å²) < 4.78 is 36.6. The second-order valence-electron chi connectivity index (χ2n) is 5.87. The Morgan fingerprint density at radius 1 is 1.28 bits per heavy atom. The fourth-order valence-corrected chi connectivity index (χ4v) is 4.23. The summed E-state index contributed by atoms with van der Waals surface area (Å²) in [6.07, 6.45) is 0.849. The molecule has 0 saturated carbocycles. The molecule has 0 radical (unpaired) electrons. The molecule has 0 unspecified atom stereocenters. The Morgan fingerprint density at radius 3 is 2.44 bits per heavy atom. The Labute approximate surface area is 146 Å². The van der Waals surface area contributed by atoms with Crippen LogP contribution in [0.5, 0.6) is 5.75 Å². The van der Waals surface area contributed by atoms with E-state index in [2.05, 4.69) is 4.74 Å². The molecule has 0 aliphatic carbocycles. The van der Waals surface area contributed by atoms with Crippen molar-refractivity contribution in [3.05, 3.63) is 23.8 Å². The molecule has 1 amide bonds. The summed E-state index contributed by atoms with van der Waals surface area (Å²) in [5.41, 5.74) is 5.87. The van der Waals surface area contributed by atoms with Gasteiger partial charge in [0.25, 0.3) is 0 Å². The normalized spacial score (nSPS) is 16.4. The highest BCUT2D eigenvalue weighted by Crippen LogP contribution is 2.27. The van der Waals surface area contributed by atoms with Crippen LogP contribution in [-0.4, -0.2) is 51.4 Å². The zero-order valence-corrected chi connectivity index (χ0v) is 15.0. The fraction of sp³-hybridized carbons (Fsp3) is 0.500. The van der Waals surface area contributed by atoms with Crippen molar-refractivity contribution in [2.45, 2.75) is 24.7 Å². The monoisotopic (exact) mass is 370 g/mol. The van der Waals surface area contributed by atoms with Gasteiger partial charge in [0.2, 0.25) is 15.9 Å². The topological polar surface area (TPSA) is 116 Å². The molecule has 0 spiro atoms. The molecule has 1 aromatic rings. The largest absolute Gasteiger partial charge is 0.482 e. The van der Waals surface area contributed by atoms with Crippen LogP contribution in [0.3, 0.4) is 0 Å². The Kier molecular flexibility index (Phi) is 6.02. The van der Waals surface area contributed by atoms with Gasteiger partial charge in [0.15, 0.2) is 6.61 Å². The number of hydrogen-bond acceptors (Lipinski definition) is 6. The van der Waals surface area contributed by atoms with Crippen molar-refractivity contribution in [1.82, 2.24) is 4.31 Å². The SMILES string of the molecule is COC(=O)COc1ccc(S(=O)(=O)N2CCC(C(N)=O)CC2)cc1C. The highest BCUT2D eigenvalue weighted by molar-refractivity contribution is 7.89. The van der Waals surface area contributed by atoms with Gasteiger partial charge in [0.05, 0.1) is 12.0 Å². The van der Waals surface area contributed by atoms with Crippen molar-refractivity contribution in [3.63, 3.8) is 0 Å². The predicted molar refractivity (Wildman–Crippen MR) is 89.4 cm³/mol. The van der Waals surface area contributed by atoms with E-state index < -0.39 is 16.0 Å². The maximum Gasteiger partial charge on any atom is 0.343 e. The minimum Gasteiger partial charge on any atom is -0.482 e. The lowest BCUT2D eigenvalue weighted by molar-refractivity contribution is -0.142. The number of ether oxygens (including phenoxy) is 2. The summed E-state index contributed by atoms with van der Waals surface area (Å²) in [5, 5.41) is 0. The van der Waals surface area contributed by atoms with Gasteiger partial charge in [-0.05, 0) is 43.5 Å². The molecule has 0 aromatic heterocycles. The first-order chi connectivity index (χ1) is 11.8. The number of esters is 1. The maximum absolute atomic E-state index is 12.7. The number of aryl methyl sites for hydroxylation is 1. The van der Waals surface area contributed by atoms with Gasteiger partial charge >= 0.3 is 5.97 Å². The third kappa shape index (κ3) is 4.49. The molecule has 1 saturated heterocycles. The van der Waals surface area contributed by atoms with E-state index >= 15 is 0 Å². The quantitative estimate of drug-likeness (QED) is 0.726. The zero-order valence-electron chi connectivity index (χ0n) is 14.2.